The van der Waals surface area contributed by atoms with Gasteiger partial charge in [0.05, 0.1) is 5.56 Å². The molecule has 5 nitrogen and oxygen atoms in total. The zero-order chi connectivity index (χ0) is 14.7. The number of anilines is 2. The molecule has 1 saturated carbocycles. The van der Waals surface area contributed by atoms with E-state index in [4.69, 9.17) is 0 Å². The van der Waals surface area contributed by atoms with Crippen molar-refractivity contribution in [1.29, 1.82) is 0 Å². The van der Waals surface area contributed by atoms with Gasteiger partial charge in [-0.25, -0.2) is 0 Å². The van der Waals surface area contributed by atoms with E-state index in [1.807, 2.05) is 31.1 Å². The van der Waals surface area contributed by atoms with Crippen LogP contribution < -0.4 is 15.5 Å². The summed E-state index contributed by atoms with van der Waals surface area (Å²) in [5, 5.41) is 5.77. The fourth-order valence-electron chi connectivity index (χ4n) is 1.93. The van der Waals surface area contributed by atoms with Crippen LogP contribution >= 0.6 is 0 Å². The first-order valence-electron chi connectivity index (χ1n) is 6.93. The number of nitrogens with one attached hydrogen (secondary N) is 2. The molecule has 0 heterocycles. The first-order chi connectivity index (χ1) is 9.51. The number of rotatable bonds is 5. The van der Waals surface area contributed by atoms with E-state index >= 15 is 0 Å². The van der Waals surface area contributed by atoms with Crippen LogP contribution in [0.3, 0.4) is 0 Å². The molecule has 0 aliphatic heterocycles. The Morgan fingerprint density at radius 1 is 1.30 bits per heavy atom. The number of nitrogens with zero attached hydrogens (tertiary/aromatic N) is 1. The van der Waals surface area contributed by atoms with Crippen LogP contribution in [0.25, 0.3) is 0 Å². The van der Waals surface area contributed by atoms with Gasteiger partial charge in [0, 0.05) is 37.9 Å². The fraction of sp³-hybridized carbons (Fsp3) is 0.467. The van der Waals surface area contributed by atoms with Crippen LogP contribution in [0.4, 0.5) is 11.4 Å². The Balaban J connectivity index is 2.25. The van der Waals surface area contributed by atoms with Gasteiger partial charge in [0.15, 0.2) is 0 Å². The number of carbonyl (C=O) groups excluding carboxylic acids is 2. The average Bonchev–Trinajstić information content (AvgIpc) is 3.22. The molecular weight excluding hydrogens is 254 g/mol. The van der Waals surface area contributed by atoms with Crippen LogP contribution in [0.15, 0.2) is 18.2 Å². The molecule has 0 bridgehead atoms. The molecule has 0 radical (unpaired) electrons. The number of amides is 2. The first kappa shape index (κ1) is 14.4. The van der Waals surface area contributed by atoms with Crippen molar-refractivity contribution in [3.05, 3.63) is 23.8 Å². The predicted octanol–water partition coefficient (Wildman–Crippen LogP) is 1.99. The molecular formula is C15H21N3O2. The van der Waals surface area contributed by atoms with E-state index in [0.717, 1.165) is 18.5 Å². The quantitative estimate of drug-likeness (QED) is 0.864. The lowest BCUT2D eigenvalue weighted by atomic mass is 10.1. The van der Waals surface area contributed by atoms with E-state index in [9.17, 15) is 9.59 Å². The topological polar surface area (TPSA) is 61.4 Å². The second-order valence-electron chi connectivity index (χ2n) is 5.28. The van der Waals surface area contributed by atoms with Crippen molar-refractivity contribution < 1.29 is 9.59 Å². The van der Waals surface area contributed by atoms with Crippen LogP contribution in [-0.4, -0.2) is 32.0 Å². The zero-order valence-corrected chi connectivity index (χ0v) is 12.2. The van der Waals surface area contributed by atoms with E-state index in [0.29, 0.717) is 23.7 Å². The van der Waals surface area contributed by atoms with Crippen LogP contribution in [0.2, 0.25) is 0 Å². The van der Waals surface area contributed by atoms with Gasteiger partial charge in [0.2, 0.25) is 5.91 Å². The normalized spacial score (nSPS) is 13.8. The van der Waals surface area contributed by atoms with Gasteiger partial charge in [-0.15, -0.1) is 0 Å². The highest BCUT2D eigenvalue weighted by Gasteiger charge is 2.25. The summed E-state index contributed by atoms with van der Waals surface area (Å²) < 4.78 is 0. The van der Waals surface area contributed by atoms with E-state index in [2.05, 4.69) is 10.6 Å². The molecule has 2 amide bonds. The van der Waals surface area contributed by atoms with Gasteiger partial charge in [0.25, 0.3) is 5.91 Å². The van der Waals surface area contributed by atoms with Gasteiger partial charge < -0.3 is 15.5 Å². The molecule has 0 saturated heterocycles. The van der Waals surface area contributed by atoms with Crippen LogP contribution in [0, 0.1) is 0 Å². The molecule has 0 atom stereocenters. The van der Waals surface area contributed by atoms with Crippen LogP contribution in [0.5, 0.6) is 0 Å². The molecule has 0 unspecified atom stereocenters. The third kappa shape index (κ3) is 3.50. The van der Waals surface area contributed by atoms with Crippen molar-refractivity contribution >= 4 is 23.2 Å². The minimum absolute atomic E-state index is 0.0591. The van der Waals surface area contributed by atoms with Gasteiger partial charge >= 0.3 is 0 Å². The third-order valence-corrected chi connectivity index (χ3v) is 3.24. The number of hydrogen-bond acceptors (Lipinski definition) is 3. The Hall–Kier alpha value is -2.04. The minimum atomic E-state index is -0.0798. The molecule has 108 valence electrons. The summed E-state index contributed by atoms with van der Waals surface area (Å²) in [7, 11) is 3.79. The maximum Gasteiger partial charge on any atom is 0.253 e. The van der Waals surface area contributed by atoms with Crippen LogP contribution in [0.1, 0.15) is 36.5 Å². The molecule has 1 aliphatic carbocycles. The average molecular weight is 275 g/mol. The monoisotopic (exact) mass is 275 g/mol. The number of carbonyl (C=O) groups is 2. The van der Waals surface area contributed by atoms with Crippen molar-refractivity contribution in [2.24, 2.45) is 0 Å². The van der Waals surface area contributed by atoms with Gasteiger partial charge in [-0.2, -0.15) is 0 Å². The Kier molecular flexibility index (Phi) is 4.27. The maximum absolute atomic E-state index is 12.3. The van der Waals surface area contributed by atoms with E-state index < -0.39 is 0 Å². The molecule has 0 spiro atoms. The molecule has 1 aliphatic rings. The lowest BCUT2D eigenvalue weighted by Crippen LogP contribution is -2.27. The largest absolute Gasteiger partial charge is 0.377 e. The van der Waals surface area contributed by atoms with E-state index in [1.165, 1.54) is 0 Å². The Bertz CT molecular complexity index is 522. The smallest absolute Gasteiger partial charge is 0.253 e. The molecule has 1 aromatic rings. The van der Waals surface area contributed by atoms with Gasteiger partial charge in [0.1, 0.15) is 0 Å². The second kappa shape index (κ2) is 5.94. The number of benzene rings is 1. The van der Waals surface area contributed by atoms with Crippen LogP contribution in [-0.2, 0) is 4.79 Å². The summed E-state index contributed by atoms with van der Waals surface area (Å²) in [5.41, 5.74) is 2.09. The third-order valence-electron chi connectivity index (χ3n) is 3.24. The van der Waals surface area contributed by atoms with E-state index in [1.54, 1.807) is 13.0 Å². The second-order valence-corrected chi connectivity index (χ2v) is 5.28. The van der Waals surface area contributed by atoms with Gasteiger partial charge in [-0.3, -0.25) is 9.59 Å². The molecule has 20 heavy (non-hydrogen) atoms. The van der Waals surface area contributed by atoms with Crippen molar-refractivity contribution in [2.75, 3.05) is 24.3 Å². The first-order valence-corrected chi connectivity index (χ1v) is 6.93. The van der Waals surface area contributed by atoms with Crippen molar-refractivity contribution in [2.45, 2.75) is 32.2 Å². The molecule has 5 heteroatoms. The van der Waals surface area contributed by atoms with Crippen molar-refractivity contribution in [1.82, 2.24) is 5.32 Å². The molecule has 1 fully saturated rings. The maximum atomic E-state index is 12.3. The molecule has 2 rings (SSSR count). The summed E-state index contributed by atoms with van der Waals surface area (Å²) in [6.07, 6.45) is 2.52. The highest BCUT2D eigenvalue weighted by molar-refractivity contribution is 6.02. The zero-order valence-electron chi connectivity index (χ0n) is 12.2. The number of hydrogen-bond donors (Lipinski definition) is 2. The Morgan fingerprint density at radius 2 is 2.00 bits per heavy atom. The molecule has 1 aromatic carbocycles. The van der Waals surface area contributed by atoms with Crippen molar-refractivity contribution in [3.63, 3.8) is 0 Å². The van der Waals surface area contributed by atoms with Gasteiger partial charge in [-0.1, -0.05) is 6.92 Å². The standard InChI is InChI=1S/C15H21N3O2/c1-4-14(19)16-11-7-8-13(18(2)3)12(9-11)15(20)17-10-5-6-10/h7-10H,4-6H2,1-3H3,(H,16,19)(H,17,20). The highest BCUT2D eigenvalue weighted by Crippen LogP contribution is 2.25. The summed E-state index contributed by atoms with van der Waals surface area (Å²) in [6.45, 7) is 1.80. The Morgan fingerprint density at radius 3 is 2.55 bits per heavy atom. The summed E-state index contributed by atoms with van der Waals surface area (Å²) in [5.74, 6) is -0.139. The Labute approximate surface area is 119 Å². The minimum Gasteiger partial charge on any atom is -0.377 e. The predicted molar refractivity (Wildman–Crippen MR) is 80.2 cm³/mol. The lowest BCUT2D eigenvalue weighted by Gasteiger charge is -2.18. The lowest BCUT2D eigenvalue weighted by molar-refractivity contribution is -0.115. The van der Waals surface area contributed by atoms with Gasteiger partial charge in [-0.05, 0) is 31.0 Å². The SMILES string of the molecule is CCC(=O)Nc1ccc(N(C)C)c(C(=O)NC2CC2)c1. The van der Waals surface area contributed by atoms with E-state index in [-0.39, 0.29) is 11.8 Å². The summed E-state index contributed by atoms with van der Waals surface area (Å²) in [6, 6.07) is 5.72. The summed E-state index contributed by atoms with van der Waals surface area (Å²) >= 11 is 0. The molecule has 2 N–H and O–H groups in total. The molecule has 0 aromatic heterocycles. The highest BCUT2D eigenvalue weighted by atomic mass is 16.2. The van der Waals surface area contributed by atoms with Crippen molar-refractivity contribution in [3.8, 4) is 0 Å². The fourth-order valence-corrected chi connectivity index (χ4v) is 1.93. The summed E-state index contributed by atoms with van der Waals surface area (Å²) in [4.78, 5) is 25.6.